The van der Waals surface area contributed by atoms with E-state index in [4.69, 9.17) is 26.5 Å². The molecule has 1 heterocycles. The van der Waals surface area contributed by atoms with E-state index < -0.39 is 12.1 Å². The molecule has 4 nitrogen and oxygen atoms in total. The minimum absolute atomic E-state index is 0.0971. The molecule has 0 spiro atoms. The molecular formula is C25H22ClF3N2O2. The van der Waals surface area contributed by atoms with Crippen LogP contribution in [-0.4, -0.2) is 23.1 Å². The molecule has 3 aromatic carbocycles. The smallest absolute Gasteiger partial charge is 0.475 e. The number of benzene rings is 3. The summed E-state index contributed by atoms with van der Waals surface area (Å²) >= 11 is 6.30. The maximum atomic E-state index is 10.6. The highest BCUT2D eigenvalue weighted by atomic mass is 35.5. The number of aliphatic imine (C=N–C) groups is 1. The van der Waals surface area contributed by atoms with Crippen LogP contribution in [0.1, 0.15) is 35.2 Å². The first-order chi connectivity index (χ1) is 15.8. The Kier molecular flexibility index (Phi) is 8.11. The molecule has 0 amide bonds. The van der Waals surface area contributed by atoms with Gasteiger partial charge >= 0.3 is 12.1 Å². The first kappa shape index (κ1) is 24.3. The third kappa shape index (κ3) is 6.83. The number of aliphatic carboxylic acids is 1. The third-order valence-corrected chi connectivity index (χ3v) is 5.43. The van der Waals surface area contributed by atoms with Gasteiger partial charge < -0.3 is 10.4 Å². The van der Waals surface area contributed by atoms with Crippen LogP contribution in [0.5, 0.6) is 0 Å². The summed E-state index contributed by atoms with van der Waals surface area (Å²) in [4.78, 5) is 13.9. The van der Waals surface area contributed by atoms with Crippen LogP contribution in [0.3, 0.4) is 0 Å². The topological polar surface area (TPSA) is 61.7 Å². The molecule has 0 aliphatic carbocycles. The van der Waals surface area contributed by atoms with Gasteiger partial charge in [-0.05, 0) is 29.2 Å². The van der Waals surface area contributed by atoms with Gasteiger partial charge in [0.25, 0.3) is 0 Å². The summed E-state index contributed by atoms with van der Waals surface area (Å²) in [6.45, 7) is 0. The molecule has 3 aromatic rings. The molecule has 8 heteroatoms. The fourth-order valence-corrected chi connectivity index (χ4v) is 3.70. The van der Waals surface area contributed by atoms with Crippen molar-refractivity contribution in [2.45, 2.75) is 31.1 Å². The zero-order chi connectivity index (χ0) is 23.8. The van der Waals surface area contributed by atoms with Crippen LogP contribution in [0.2, 0.25) is 5.02 Å². The Hall–Kier alpha value is -3.32. The van der Waals surface area contributed by atoms with Crippen molar-refractivity contribution in [1.82, 2.24) is 5.32 Å². The lowest BCUT2D eigenvalue weighted by Crippen LogP contribution is -2.24. The molecule has 2 N–H and O–H groups in total. The van der Waals surface area contributed by atoms with Gasteiger partial charge in [-0.1, -0.05) is 90.5 Å². The molecule has 0 fully saturated rings. The molecule has 172 valence electrons. The van der Waals surface area contributed by atoms with Crippen LogP contribution in [0.4, 0.5) is 13.2 Å². The van der Waals surface area contributed by atoms with E-state index in [0.29, 0.717) is 0 Å². The van der Waals surface area contributed by atoms with E-state index in [1.807, 2.05) is 24.3 Å². The zero-order valence-electron chi connectivity index (χ0n) is 17.5. The molecule has 2 atom stereocenters. The number of hydrogen-bond donors (Lipinski definition) is 2. The predicted octanol–water partition coefficient (Wildman–Crippen LogP) is 6.39. The van der Waals surface area contributed by atoms with Crippen LogP contribution >= 0.6 is 11.6 Å². The molecule has 0 saturated carbocycles. The fourth-order valence-electron chi connectivity index (χ4n) is 3.47. The first-order valence-electron chi connectivity index (χ1n) is 10.2. The van der Waals surface area contributed by atoms with Gasteiger partial charge in [0.05, 0.1) is 11.9 Å². The summed E-state index contributed by atoms with van der Waals surface area (Å²) in [6, 6.07) is 29.4. The largest absolute Gasteiger partial charge is 0.490 e. The van der Waals surface area contributed by atoms with Gasteiger partial charge in [0.1, 0.15) is 6.04 Å². The van der Waals surface area contributed by atoms with E-state index in [2.05, 4.69) is 66.0 Å². The van der Waals surface area contributed by atoms with Crippen molar-refractivity contribution in [3.63, 3.8) is 0 Å². The van der Waals surface area contributed by atoms with Gasteiger partial charge in [-0.15, -0.1) is 0 Å². The maximum absolute atomic E-state index is 10.6. The highest BCUT2D eigenvalue weighted by Crippen LogP contribution is 2.36. The van der Waals surface area contributed by atoms with Crippen LogP contribution in [0, 0.1) is 0 Å². The minimum atomic E-state index is -5.08. The highest BCUT2D eigenvalue weighted by Gasteiger charge is 2.38. The summed E-state index contributed by atoms with van der Waals surface area (Å²) in [5.41, 5.74) is 3.66. The molecule has 0 unspecified atom stereocenters. The van der Waals surface area contributed by atoms with E-state index in [1.54, 1.807) is 0 Å². The number of carboxylic acids is 1. The first-order valence-corrected chi connectivity index (χ1v) is 10.6. The second kappa shape index (κ2) is 11.0. The van der Waals surface area contributed by atoms with E-state index in [1.165, 1.54) is 11.1 Å². The quantitative estimate of drug-likeness (QED) is 0.450. The number of nitrogens with one attached hydrogen (secondary N) is 1. The number of amidine groups is 1. The number of rotatable bonds is 5. The van der Waals surface area contributed by atoms with Crippen molar-refractivity contribution in [3.8, 4) is 0 Å². The van der Waals surface area contributed by atoms with Crippen LogP contribution in [0.15, 0.2) is 89.9 Å². The van der Waals surface area contributed by atoms with E-state index in [-0.39, 0.29) is 12.1 Å². The minimum Gasteiger partial charge on any atom is -0.475 e. The standard InChI is InChI=1S/C23H21ClN2.C2HF3O2/c24-20-14-8-7-9-17(20)15-16-21-25-22(18-10-3-1-4-11-18)23(26-21)19-12-5-2-6-13-19;3-2(4,5)1(6)7/h1-14,22-23H,15-16H2,(H,25,26);(H,6,7)/t22-,23+;. The Morgan fingerprint density at radius 1 is 0.879 bits per heavy atom. The number of carboxylic acid groups (broad SMARTS) is 1. The van der Waals surface area contributed by atoms with Crippen LogP contribution in [0.25, 0.3) is 0 Å². The van der Waals surface area contributed by atoms with Crippen LogP contribution < -0.4 is 5.32 Å². The fraction of sp³-hybridized carbons (Fsp3) is 0.200. The van der Waals surface area contributed by atoms with Crippen molar-refractivity contribution in [2.24, 2.45) is 4.99 Å². The average Bonchev–Trinajstić information content (AvgIpc) is 3.24. The zero-order valence-corrected chi connectivity index (χ0v) is 18.2. The van der Waals surface area contributed by atoms with E-state index >= 15 is 0 Å². The summed E-state index contributed by atoms with van der Waals surface area (Å²) < 4.78 is 31.7. The van der Waals surface area contributed by atoms with Crippen molar-refractivity contribution in [3.05, 3.63) is 107 Å². The predicted molar refractivity (Wildman–Crippen MR) is 122 cm³/mol. The molecule has 1 aliphatic heterocycles. The molecule has 0 aromatic heterocycles. The lowest BCUT2D eigenvalue weighted by molar-refractivity contribution is -0.192. The Balaban J connectivity index is 0.000000383. The van der Waals surface area contributed by atoms with Gasteiger partial charge in [0, 0.05) is 11.4 Å². The Morgan fingerprint density at radius 2 is 1.39 bits per heavy atom. The van der Waals surface area contributed by atoms with Crippen LogP contribution in [-0.2, 0) is 11.2 Å². The Bertz CT molecular complexity index is 1090. The molecule has 0 radical (unpaired) electrons. The van der Waals surface area contributed by atoms with Gasteiger partial charge in [0.2, 0.25) is 0 Å². The van der Waals surface area contributed by atoms with Crippen molar-refractivity contribution in [2.75, 3.05) is 0 Å². The van der Waals surface area contributed by atoms with Gasteiger partial charge in [-0.3, -0.25) is 4.99 Å². The number of hydrogen-bond acceptors (Lipinski definition) is 3. The van der Waals surface area contributed by atoms with Crippen molar-refractivity contribution < 1.29 is 23.1 Å². The lowest BCUT2D eigenvalue weighted by Gasteiger charge is -2.19. The number of aryl methyl sites for hydroxylation is 1. The second-order valence-corrected chi connectivity index (χ2v) is 7.77. The average molecular weight is 475 g/mol. The summed E-state index contributed by atoms with van der Waals surface area (Å²) in [6.07, 6.45) is -3.34. The number of alkyl halides is 3. The number of carbonyl (C=O) groups is 1. The molecule has 4 rings (SSSR count). The maximum Gasteiger partial charge on any atom is 0.490 e. The molecule has 33 heavy (non-hydrogen) atoms. The summed E-state index contributed by atoms with van der Waals surface area (Å²) in [7, 11) is 0. The van der Waals surface area contributed by atoms with Crippen molar-refractivity contribution >= 4 is 23.4 Å². The lowest BCUT2D eigenvalue weighted by atomic mass is 9.95. The van der Waals surface area contributed by atoms with Gasteiger partial charge in [-0.25, -0.2) is 4.79 Å². The Morgan fingerprint density at radius 3 is 1.94 bits per heavy atom. The number of halogens is 4. The third-order valence-electron chi connectivity index (χ3n) is 5.06. The summed E-state index contributed by atoms with van der Waals surface area (Å²) in [5.74, 6) is -1.71. The number of nitrogens with zero attached hydrogens (tertiary/aromatic N) is 1. The molecule has 0 bridgehead atoms. The summed E-state index contributed by atoms with van der Waals surface area (Å²) in [5, 5.41) is 11.6. The Labute approximate surface area is 194 Å². The van der Waals surface area contributed by atoms with Gasteiger partial charge in [-0.2, -0.15) is 13.2 Å². The highest BCUT2D eigenvalue weighted by molar-refractivity contribution is 6.31. The van der Waals surface area contributed by atoms with Crippen molar-refractivity contribution in [1.29, 1.82) is 0 Å². The second-order valence-electron chi connectivity index (χ2n) is 7.36. The molecular weight excluding hydrogens is 453 g/mol. The van der Waals surface area contributed by atoms with Gasteiger partial charge in [0.15, 0.2) is 0 Å². The SMILES string of the molecule is Clc1ccccc1CCC1=N[C@H](c2ccccc2)[C@H](c2ccccc2)N1.O=C(O)C(F)(F)F. The normalized spacial score (nSPS) is 17.4. The molecule has 0 saturated heterocycles. The monoisotopic (exact) mass is 474 g/mol. The molecule has 1 aliphatic rings. The van der Waals surface area contributed by atoms with E-state index in [9.17, 15) is 13.2 Å². The van der Waals surface area contributed by atoms with E-state index in [0.717, 1.165) is 29.3 Å².